The molecule has 8 heteroatoms. The van der Waals surface area contributed by atoms with Gasteiger partial charge >= 0.3 is 17.9 Å². The van der Waals surface area contributed by atoms with Crippen LogP contribution in [0.5, 0.6) is 0 Å². The lowest BCUT2D eigenvalue weighted by molar-refractivity contribution is -0.255. The molecular formula is C17H18O8. The summed E-state index contributed by atoms with van der Waals surface area (Å²) in [5.41, 5.74) is 0.872. The maximum absolute atomic E-state index is 12.0. The topological polar surface area (TPSA) is 97.4 Å². The fraction of sp³-hybridized carbons (Fsp3) is 0.471. The molecule has 134 valence electrons. The van der Waals surface area contributed by atoms with Crippen LogP contribution in [0.25, 0.3) is 0 Å². The summed E-state index contributed by atoms with van der Waals surface area (Å²) in [6.45, 7) is 2.61. The van der Waals surface area contributed by atoms with Crippen LogP contribution in [0, 0.1) is 0 Å². The summed E-state index contributed by atoms with van der Waals surface area (Å²) < 4.78 is 26.8. The maximum Gasteiger partial charge on any atom is 0.341 e. The molecule has 2 aliphatic heterocycles. The van der Waals surface area contributed by atoms with Crippen LogP contribution in [0.1, 0.15) is 19.4 Å². The van der Waals surface area contributed by atoms with E-state index < -0.39 is 48.6 Å². The van der Waals surface area contributed by atoms with Crippen molar-refractivity contribution < 1.29 is 38.1 Å². The lowest BCUT2D eigenvalue weighted by Gasteiger charge is -2.37. The molecule has 2 bridgehead atoms. The first-order chi connectivity index (χ1) is 12.0. The Bertz CT molecular complexity index is 658. The molecule has 0 amide bonds. The van der Waals surface area contributed by atoms with Crippen molar-refractivity contribution in [3.63, 3.8) is 0 Å². The van der Waals surface area contributed by atoms with Gasteiger partial charge in [0.2, 0.25) is 6.29 Å². The smallest absolute Gasteiger partial charge is 0.341 e. The minimum absolute atomic E-state index is 0.175. The number of ether oxygens (including phenoxy) is 5. The quantitative estimate of drug-likeness (QED) is 0.566. The van der Waals surface area contributed by atoms with Crippen LogP contribution in [-0.4, -0.2) is 48.6 Å². The third-order valence-electron chi connectivity index (χ3n) is 3.85. The first-order valence-electron chi connectivity index (χ1n) is 7.81. The number of benzene rings is 1. The summed E-state index contributed by atoms with van der Waals surface area (Å²) in [7, 11) is 0. The minimum Gasteiger partial charge on any atom is -0.456 e. The highest BCUT2D eigenvalue weighted by Gasteiger charge is 2.59. The SMILES string of the molecule is CC(=O)O[C@H]1[C@H]2OC(=O)[C@H](O2)[C@@H](OC(C)=O)[C@@H]1OCc1ccccc1. The second-order valence-electron chi connectivity index (χ2n) is 5.77. The summed E-state index contributed by atoms with van der Waals surface area (Å²) in [6.07, 6.45) is -5.20. The average molecular weight is 350 g/mol. The fourth-order valence-corrected chi connectivity index (χ4v) is 2.87. The first-order valence-corrected chi connectivity index (χ1v) is 7.81. The number of hydrogen-bond donors (Lipinski definition) is 0. The van der Waals surface area contributed by atoms with E-state index in [-0.39, 0.29) is 6.61 Å². The van der Waals surface area contributed by atoms with Gasteiger partial charge in [-0.05, 0) is 5.56 Å². The van der Waals surface area contributed by atoms with Crippen molar-refractivity contribution in [2.75, 3.05) is 0 Å². The molecule has 2 aliphatic rings. The molecule has 0 saturated carbocycles. The molecule has 25 heavy (non-hydrogen) atoms. The third kappa shape index (κ3) is 3.80. The molecule has 2 fully saturated rings. The molecule has 0 spiro atoms. The summed E-state index contributed by atoms with van der Waals surface area (Å²) in [5.74, 6) is -1.88. The van der Waals surface area contributed by atoms with Crippen LogP contribution < -0.4 is 0 Å². The average Bonchev–Trinajstić information content (AvgIpc) is 2.90. The normalized spacial score (nSPS) is 30.5. The van der Waals surface area contributed by atoms with Gasteiger partial charge < -0.3 is 23.7 Å². The largest absolute Gasteiger partial charge is 0.456 e. The molecule has 0 radical (unpaired) electrons. The van der Waals surface area contributed by atoms with E-state index in [1.54, 1.807) is 0 Å². The van der Waals surface area contributed by atoms with E-state index >= 15 is 0 Å². The molecule has 0 aromatic heterocycles. The van der Waals surface area contributed by atoms with Crippen LogP contribution in [0.2, 0.25) is 0 Å². The van der Waals surface area contributed by atoms with Gasteiger partial charge in [-0.2, -0.15) is 0 Å². The Kier molecular flexibility index (Phi) is 5.00. The zero-order valence-electron chi connectivity index (χ0n) is 13.7. The van der Waals surface area contributed by atoms with Gasteiger partial charge in [-0.3, -0.25) is 9.59 Å². The molecular weight excluding hydrogens is 332 g/mol. The first kappa shape index (κ1) is 17.4. The Morgan fingerprint density at radius 2 is 1.64 bits per heavy atom. The van der Waals surface area contributed by atoms with Gasteiger partial charge in [0.05, 0.1) is 6.61 Å². The Hall–Kier alpha value is -2.45. The Morgan fingerprint density at radius 3 is 2.28 bits per heavy atom. The van der Waals surface area contributed by atoms with Gasteiger partial charge in [0.25, 0.3) is 0 Å². The van der Waals surface area contributed by atoms with Crippen LogP contribution in [0.4, 0.5) is 0 Å². The number of carbonyl (C=O) groups is 3. The summed E-state index contributed by atoms with van der Waals surface area (Å²) in [6, 6.07) is 9.29. The van der Waals surface area contributed by atoms with E-state index in [9.17, 15) is 14.4 Å². The molecule has 2 saturated heterocycles. The fourth-order valence-electron chi connectivity index (χ4n) is 2.87. The number of hydrogen-bond acceptors (Lipinski definition) is 8. The number of fused-ring (bicyclic) bond motifs is 2. The van der Waals surface area contributed by atoms with Crippen molar-refractivity contribution in [3.8, 4) is 0 Å². The van der Waals surface area contributed by atoms with Gasteiger partial charge in [-0.1, -0.05) is 30.3 Å². The van der Waals surface area contributed by atoms with Gasteiger partial charge in [-0.25, -0.2) is 4.79 Å². The highest BCUT2D eigenvalue weighted by Crippen LogP contribution is 2.35. The second-order valence-corrected chi connectivity index (χ2v) is 5.77. The molecule has 8 nitrogen and oxygen atoms in total. The number of carbonyl (C=O) groups excluding carboxylic acids is 3. The van der Waals surface area contributed by atoms with Gasteiger partial charge in [0.1, 0.15) is 6.10 Å². The van der Waals surface area contributed by atoms with E-state index in [0.29, 0.717) is 0 Å². The van der Waals surface area contributed by atoms with Crippen LogP contribution in [0.3, 0.4) is 0 Å². The number of esters is 3. The number of rotatable bonds is 5. The van der Waals surface area contributed by atoms with Crippen molar-refractivity contribution in [1.29, 1.82) is 0 Å². The van der Waals surface area contributed by atoms with E-state index in [4.69, 9.17) is 23.7 Å². The minimum atomic E-state index is -1.11. The highest BCUT2D eigenvalue weighted by molar-refractivity contribution is 5.79. The van der Waals surface area contributed by atoms with Crippen molar-refractivity contribution in [2.24, 2.45) is 0 Å². The predicted octanol–water partition coefficient (Wildman–Crippen LogP) is 0.717. The molecule has 2 heterocycles. The Balaban J connectivity index is 1.84. The molecule has 0 unspecified atom stereocenters. The van der Waals surface area contributed by atoms with E-state index in [1.165, 1.54) is 13.8 Å². The standard InChI is InChI=1S/C17H18O8/c1-9(18)22-13-12(21-8-11-6-4-3-5-7-11)15(23-10(2)19)17-24-14(13)16(20)25-17/h3-7,12-15,17H,8H2,1-2H3/t12-,13-,14+,15+,17+/m0/s1. The van der Waals surface area contributed by atoms with Crippen LogP contribution in [0.15, 0.2) is 30.3 Å². The van der Waals surface area contributed by atoms with Crippen molar-refractivity contribution in [1.82, 2.24) is 0 Å². The Labute approximate surface area is 143 Å². The maximum atomic E-state index is 12.0. The molecule has 3 rings (SSSR count). The molecule has 5 atom stereocenters. The predicted molar refractivity (Wildman–Crippen MR) is 80.9 cm³/mol. The molecule has 1 aromatic carbocycles. The van der Waals surface area contributed by atoms with E-state index in [0.717, 1.165) is 5.56 Å². The lowest BCUT2D eigenvalue weighted by Crippen LogP contribution is -2.58. The van der Waals surface area contributed by atoms with E-state index in [2.05, 4.69) is 0 Å². The summed E-state index contributed by atoms with van der Waals surface area (Å²) >= 11 is 0. The highest BCUT2D eigenvalue weighted by atomic mass is 16.8. The second kappa shape index (κ2) is 7.20. The van der Waals surface area contributed by atoms with Crippen LogP contribution >= 0.6 is 0 Å². The zero-order valence-corrected chi connectivity index (χ0v) is 13.7. The van der Waals surface area contributed by atoms with Gasteiger partial charge in [-0.15, -0.1) is 0 Å². The molecule has 0 aliphatic carbocycles. The Morgan fingerprint density at radius 1 is 1.00 bits per heavy atom. The van der Waals surface area contributed by atoms with Crippen molar-refractivity contribution in [2.45, 2.75) is 51.2 Å². The van der Waals surface area contributed by atoms with Gasteiger partial charge in [0, 0.05) is 13.8 Å². The van der Waals surface area contributed by atoms with Crippen molar-refractivity contribution >= 4 is 17.9 Å². The summed E-state index contributed by atoms with van der Waals surface area (Å²) in [4.78, 5) is 34.8. The monoisotopic (exact) mass is 350 g/mol. The zero-order chi connectivity index (χ0) is 18.0. The molecule has 1 aromatic rings. The van der Waals surface area contributed by atoms with Gasteiger partial charge in [0.15, 0.2) is 18.3 Å². The summed E-state index contributed by atoms with van der Waals surface area (Å²) in [5, 5.41) is 0. The van der Waals surface area contributed by atoms with E-state index in [1.807, 2.05) is 30.3 Å². The van der Waals surface area contributed by atoms with Crippen molar-refractivity contribution in [3.05, 3.63) is 35.9 Å². The molecule has 0 N–H and O–H groups in total. The van der Waals surface area contributed by atoms with Crippen LogP contribution in [-0.2, 0) is 44.7 Å². The third-order valence-corrected chi connectivity index (χ3v) is 3.85. The lowest BCUT2D eigenvalue weighted by atomic mass is 10.00.